The molecule has 1 amide bonds. The minimum absolute atomic E-state index is 0.0203. The van der Waals surface area contributed by atoms with Gasteiger partial charge in [-0.15, -0.1) is 11.6 Å². The fourth-order valence-corrected chi connectivity index (χ4v) is 2.38. The maximum atomic E-state index is 11.8. The summed E-state index contributed by atoms with van der Waals surface area (Å²) < 4.78 is 5.23. The molecule has 104 valence electrons. The van der Waals surface area contributed by atoms with Crippen LogP contribution in [0.1, 0.15) is 6.92 Å². The smallest absolute Gasteiger partial charge is 0.240 e. The molecule has 2 rings (SSSR count). The first kappa shape index (κ1) is 14.0. The van der Waals surface area contributed by atoms with Crippen LogP contribution in [0.4, 0.5) is 5.69 Å². The Bertz CT molecular complexity index is 443. The van der Waals surface area contributed by atoms with Crippen LogP contribution in [0, 0.1) is 0 Å². The largest absolute Gasteiger partial charge is 0.497 e. The molecular formula is C14H19ClN2O2. The van der Waals surface area contributed by atoms with Gasteiger partial charge in [0.25, 0.3) is 0 Å². The number of amides is 1. The summed E-state index contributed by atoms with van der Waals surface area (Å²) in [6.07, 6.45) is 0. The number of anilines is 1. The highest BCUT2D eigenvalue weighted by molar-refractivity contribution is 6.30. The minimum Gasteiger partial charge on any atom is -0.497 e. The van der Waals surface area contributed by atoms with Gasteiger partial charge in [-0.1, -0.05) is 6.07 Å². The van der Waals surface area contributed by atoms with Crippen LogP contribution in [0.3, 0.4) is 0 Å². The first-order chi connectivity index (χ1) is 9.11. The van der Waals surface area contributed by atoms with Crippen LogP contribution in [-0.2, 0) is 4.79 Å². The summed E-state index contributed by atoms with van der Waals surface area (Å²) in [7, 11) is 1.66. The summed E-state index contributed by atoms with van der Waals surface area (Å²) in [5, 5.41) is -0.441. The lowest BCUT2D eigenvalue weighted by Gasteiger charge is -2.36. The molecule has 1 aliphatic heterocycles. The van der Waals surface area contributed by atoms with Gasteiger partial charge >= 0.3 is 0 Å². The molecule has 19 heavy (non-hydrogen) atoms. The van der Waals surface area contributed by atoms with Crippen LogP contribution < -0.4 is 9.64 Å². The number of hydrogen-bond donors (Lipinski definition) is 0. The van der Waals surface area contributed by atoms with E-state index < -0.39 is 5.38 Å². The number of piperazine rings is 1. The Morgan fingerprint density at radius 2 is 2.00 bits per heavy atom. The molecule has 1 aromatic carbocycles. The quantitative estimate of drug-likeness (QED) is 0.795. The molecule has 1 aliphatic rings. The number of rotatable bonds is 3. The first-order valence-corrected chi connectivity index (χ1v) is 6.87. The highest BCUT2D eigenvalue weighted by Crippen LogP contribution is 2.22. The van der Waals surface area contributed by atoms with Crippen LogP contribution in [0.2, 0.25) is 0 Å². The zero-order valence-electron chi connectivity index (χ0n) is 11.3. The van der Waals surface area contributed by atoms with Crippen molar-refractivity contribution in [1.82, 2.24) is 4.90 Å². The van der Waals surface area contributed by atoms with E-state index in [-0.39, 0.29) is 5.91 Å². The van der Waals surface area contributed by atoms with Crippen LogP contribution in [-0.4, -0.2) is 49.5 Å². The van der Waals surface area contributed by atoms with Gasteiger partial charge in [-0.05, 0) is 19.1 Å². The predicted octanol–water partition coefficient (Wildman–Crippen LogP) is 1.97. The molecule has 0 N–H and O–H groups in total. The van der Waals surface area contributed by atoms with Crippen molar-refractivity contribution in [2.24, 2.45) is 0 Å². The second kappa shape index (κ2) is 6.15. The van der Waals surface area contributed by atoms with Crippen molar-refractivity contribution < 1.29 is 9.53 Å². The monoisotopic (exact) mass is 282 g/mol. The third kappa shape index (κ3) is 3.32. The van der Waals surface area contributed by atoms with Gasteiger partial charge in [0.15, 0.2) is 0 Å². The van der Waals surface area contributed by atoms with E-state index in [2.05, 4.69) is 11.0 Å². The highest BCUT2D eigenvalue weighted by Gasteiger charge is 2.23. The van der Waals surface area contributed by atoms with E-state index in [1.807, 2.05) is 23.1 Å². The Balaban J connectivity index is 1.97. The second-order valence-electron chi connectivity index (χ2n) is 4.63. The zero-order valence-corrected chi connectivity index (χ0v) is 12.1. The number of halogens is 1. The summed E-state index contributed by atoms with van der Waals surface area (Å²) in [6.45, 7) is 4.80. The fourth-order valence-electron chi connectivity index (χ4n) is 2.24. The second-order valence-corrected chi connectivity index (χ2v) is 5.28. The number of carbonyl (C=O) groups excluding carboxylic acids is 1. The summed E-state index contributed by atoms with van der Waals surface area (Å²) in [6, 6.07) is 7.98. The average molecular weight is 283 g/mol. The van der Waals surface area contributed by atoms with Crippen molar-refractivity contribution in [2.45, 2.75) is 12.3 Å². The molecule has 1 heterocycles. The third-order valence-corrected chi connectivity index (χ3v) is 3.54. The topological polar surface area (TPSA) is 32.8 Å². The standard InChI is InChI=1S/C14H19ClN2O2/c1-11(15)14(18)17-8-6-16(7-9-17)12-4-3-5-13(10-12)19-2/h3-5,10-11H,6-9H2,1-2H3. The molecule has 1 aromatic rings. The van der Waals surface area contributed by atoms with Gasteiger partial charge in [-0.2, -0.15) is 0 Å². The summed E-state index contributed by atoms with van der Waals surface area (Å²) in [5.74, 6) is 0.873. The number of carbonyl (C=O) groups is 1. The summed E-state index contributed by atoms with van der Waals surface area (Å²) in [4.78, 5) is 15.9. The number of alkyl halides is 1. The third-order valence-electron chi connectivity index (χ3n) is 3.35. The van der Waals surface area contributed by atoms with Gasteiger partial charge in [-0.3, -0.25) is 4.79 Å². The van der Waals surface area contributed by atoms with Crippen molar-refractivity contribution in [3.63, 3.8) is 0 Å². The van der Waals surface area contributed by atoms with Crippen molar-refractivity contribution in [2.75, 3.05) is 38.2 Å². The van der Waals surface area contributed by atoms with Crippen LogP contribution in [0.25, 0.3) is 0 Å². The van der Waals surface area contributed by atoms with Gasteiger partial charge in [0.05, 0.1) is 7.11 Å². The van der Waals surface area contributed by atoms with E-state index in [9.17, 15) is 4.79 Å². The Kier molecular flexibility index (Phi) is 4.53. The molecule has 1 fully saturated rings. The normalized spacial score (nSPS) is 17.2. The summed E-state index contributed by atoms with van der Waals surface area (Å²) in [5.41, 5.74) is 1.13. The van der Waals surface area contributed by atoms with Crippen molar-refractivity contribution in [3.8, 4) is 5.75 Å². The van der Waals surface area contributed by atoms with Gasteiger partial charge in [-0.25, -0.2) is 0 Å². The molecular weight excluding hydrogens is 264 g/mol. The van der Waals surface area contributed by atoms with Crippen LogP contribution >= 0.6 is 11.6 Å². The number of benzene rings is 1. The first-order valence-electron chi connectivity index (χ1n) is 6.43. The molecule has 0 spiro atoms. The number of ether oxygens (including phenoxy) is 1. The van der Waals surface area contributed by atoms with E-state index in [1.165, 1.54) is 0 Å². The zero-order chi connectivity index (χ0) is 13.8. The molecule has 1 atom stereocenters. The lowest BCUT2D eigenvalue weighted by atomic mass is 10.2. The Morgan fingerprint density at radius 1 is 1.32 bits per heavy atom. The van der Waals surface area contributed by atoms with Crippen molar-refractivity contribution in [1.29, 1.82) is 0 Å². The minimum atomic E-state index is -0.441. The molecule has 1 saturated heterocycles. The molecule has 0 radical (unpaired) electrons. The highest BCUT2D eigenvalue weighted by atomic mass is 35.5. The number of methoxy groups -OCH3 is 1. The van der Waals surface area contributed by atoms with Crippen LogP contribution in [0.15, 0.2) is 24.3 Å². The fraction of sp³-hybridized carbons (Fsp3) is 0.500. The average Bonchev–Trinajstić information content (AvgIpc) is 2.46. The molecule has 0 saturated carbocycles. The van der Waals surface area contributed by atoms with E-state index in [1.54, 1.807) is 14.0 Å². The molecule has 0 aliphatic carbocycles. The Hall–Kier alpha value is -1.42. The molecule has 1 unspecified atom stereocenters. The van der Waals surface area contributed by atoms with Crippen molar-refractivity contribution in [3.05, 3.63) is 24.3 Å². The van der Waals surface area contributed by atoms with Gasteiger partial charge in [0, 0.05) is 37.9 Å². The summed E-state index contributed by atoms with van der Waals surface area (Å²) >= 11 is 5.83. The van der Waals surface area contributed by atoms with Gasteiger partial charge in [0.1, 0.15) is 11.1 Å². The molecule has 0 aromatic heterocycles. The molecule has 4 nitrogen and oxygen atoms in total. The Labute approximate surface area is 118 Å². The van der Waals surface area contributed by atoms with E-state index in [0.29, 0.717) is 13.1 Å². The predicted molar refractivity (Wildman–Crippen MR) is 77.1 cm³/mol. The Morgan fingerprint density at radius 3 is 2.58 bits per heavy atom. The molecule has 0 bridgehead atoms. The van der Waals surface area contributed by atoms with Crippen LogP contribution in [0.5, 0.6) is 5.75 Å². The maximum absolute atomic E-state index is 11.8. The lowest BCUT2D eigenvalue weighted by Crippen LogP contribution is -2.50. The van der Waals surface area contributed by atoms with E-state index in [0.717, 1.165) is 24.5 Å². The maximum Gasteiger partial charge on any atom is 0.240 e. The molecule has 5 heteroatoms. The number of hydrogen-bond acceptors (Lipinski definition) is 3. The van der Waals surface area contributed by atoms with E-state index in [4.69, 9.17) is 16.3 Å². The number of nitrogens with zero attached hydrogens (tertiary/aromatic N) is 2. The van der Waals surface area contributed by atoms with Crippen molar-refractivity contribution >= 4 is 23.2 Å². The van der Waals surface area contributed by atoms with Gasteiger partial charge < -0.3 is 14.5 Å². The van der Waals surface area contributed by atoms with Gasteiger partial charge in [0.2, 0.25) is 5.91 Å². The van der Waals surface area contributed by atoms with E-state index >= 15 is 0 Å². The SMILES string of the molecule is COc1cccc(N2CCN(C(=O)C(C)Cl)CC2)c1. The lowest BCUT2D eigenvalue weighted by molar-refractivity contribution is -0.130.